The fraction of sp³-hybridized carbons (Fsp3) is 0.368. The number of nitrogens with one attached hydrogen (secondary N) is 1. The monoisotopic (exact) mass is 368 g/mol. The normalized spacial score (nSPS) is 15.0. The van der Waals surface area contributed by atoms with Crippen LogP contribution in [-0.4, -0.2) is 32.0 Å². The fourth-order valence-corrected chi connectivity index (χ4v) is 3.37. The highest BCUT2D eigenvalue weighted by atomic mass is 19.1. The van der Waals surface area contributed by atoms with Crippen molar-refractivity contribution < 1.29 is 9.18 Å². The van der Waals surface area contributed by atoms with Crippen LogP contribution in [0.5, 0.6) is 0 Å². The summed E-state index contributed by atoms with van der Waals surface area (Å²) in [4.78, 5) is 23.4. The molecule has 4 heterocycles. The van der Waals surface area contributed by atoms with E-state index in [9.17, 15) is 9.18 Å². The van der Waals surface area contributed by atoms with Crippen molar-refractivity contribution in [3.63, 3.8) is 0 Å². The zero-order chi connectivity index (χ0) is 18.8. The Bertz CT molecular complexity index is 985. The molecular formula is C19H21FN6O. The van der Waals surface area contributed by atoms with Crippen molar-refractivity contribution in [2.24, 2.45) is 0 Å². The lowest BCUT2D eigenvalue weighted by molar-refractivity contribution is -0.116. The number of carbonyl (C=O) groups is 1. The molecule has 0 saturated heterocycles. The molecule has 0 spiro atoms. The molecule has 0 aliphatic carbocycles. The van der Waals surface area contributed by atoms with Crippen LogP contribution in [0.1, 0.15) is 37.4 Å². The van der Waals surface area contributed by atoms with Gasteiger partial charge in [-0.05, 0) is 37.0 Å². The standard InChI is InChI=1S/C19H21FN6O/c1-2-7-25-12-13-9-14(20)10-21-15(13)4-3-5-18(27)23-16-11-22-26-8-6-17(25)24-19(16)26/h6,8-11H,2-5,7,12H2,1H3,(H,23,27). The van der Waals surface area contributed by atoms with E-state index in [1.165, 1.54) is 12.3 Å². The van der Waals surface area contributed by atoms with Gasteiger partial charge in [-0.25, -0.2) is 13.9 Å². The molecule has 0 atom stereocenters. The van der Waals surface area contributed by atoms with Gasteiger partial charge in [0.25, 0.3) is 0 Å². The molecule has 0 unspecified atom stereocenters. The third kappa shape index (κ3) is 3.60. The van der Waals surface area contributed by atoms with Crippen LogP contribution in [0.15, 0.2) is 30.7 Å². The molecule has 0 saturated carbocycles. The van der Waals surface area contributed by atoms with Crippen molar-refractivity contribution in [1.29, 1.82) is 0 Å². The zero-order valence-electron chi connectivity index (χ0n) is 15.2. The predicted octanol–water partition coefficient (Wildman–Crippen LogP) is 2.95. The topological polar surface area (TPSA) is 75.4 Å². The molecule has 27 heavy (non-hydrogen) atoms. The number of hydrogen-bond acceptors (Lipinski definition) is 5. The van der Waals surface area contributed by atoms with Crippen LogP contribution in [0, 0.1) is 5.82 Å². The van der Waals surface area contributed by atoms with Crippen molar-refractivity contribution in [2.75, 3.05) is 16.8 Å². The van der Waals surface area contributed by atoms with Crippen LogP contribution < -0.4 is 10.2 Å². The largest absolute Gasteiger partial charge is 0.352 e. The molecule has 3 aromatic rings. The number of halogens is 1. The van der Waals surface area contributed by atoms with Crippen molar-refractivity contribution in [3.05, 3.63) is 47.8 Å². The van der Waals surface area contributed by atoms with Crippen LogP contribution in [-0.2, 0) is 17.8 Å². The molecule has 1 amide bonds. The van der Waals surface area contributed by atoms with Crippen molar-refractivity contribution in [1.82, 2.24) is 19.6 Å². The minimum Gasteiger partial charge on any atom is -0.352 e. The molecule has 0 fully saturated rings. The van der Waals surface area contributed by atoms with E-state index in [4.69, 9.17) is 4.98 Å². The number of amides is 1. The third-order valence-electron chi connectivity index (χ3n) is 4.65. The third-order valence-corrected chi connectivity index (χ3v) is 4.65. The van der Waals surface area contributed by atoms with Gasteiger partial charge in [0, 0.05) is 31.4 Å². The van der Waals surface area contributed by atoms with Gasteiger partial charge in [0.1, 0.15) is 17.3 Å². The van der Waals surface area contributed by atoms with Crippen molar-refractivity contribution in [3.8, 4) is 0 Å². The van der Waals surface area contributed by atoms with E-state index in [2.05, 4.69) is 27.2 Å². The van der Waals surface area contributed by atoms with Gasteiger partial charge in [-0.3, -0.25) is 9.78 Å². The van der Waals surface area contributed by atoms with Gasteiger partial charge in [0.05, 0.1) is 12.4 Å². The molecule has 1 aliphatic heterocycles. The smallest absolute Gasteiger partial charge is 0.224 e. The summed E-state index contributed by atoms with van der Waals surface area (Å²) >= 11 is 0. The van der Waals surface area contributed by atoms with Crippen LogP contribution in [0.2, 0.25) is 0 Å². The van der Waals surface area contributed by atoms with Gasteiger partial charge in [-0.15, -0.1) is 0 Å². The minimum absolute atomic E-state index is 0.0922. The summed E-state index contributed by atoms with van der Waals surface area (Å²) in [6.45, 7) is 3.38. The Morgan fingerprint density at radius 1 is 1.30 bits per heavy atom. The van der Waals surface area contributed by atoms with Crippen LogP contribution >= 0.6 is 0 Å². The van der Waals surface area contributed by atoms with Gasteiger partial charge >= 0.3 is 0 Å². The first kappa shape index (κ1) is 17.4. The quantitative estimate of drug-likeness (QED) is 0.753. The van der Waals surface area contributed by atoms with Crippen molar-refractivity contribution >= 4 is 23.1 Å². The van der Waals surface area contributed by atoms with Gasteiger partial charge in [-0.1, -0.05) is 6.92 Å². The van der Waals surface area contributed by atoms with E-state index < -0.39 is 0 Å². The van der Waals surface area contributed by atoms with E-state index in [-0.39, 0.29) is 11.7 Å². The zero-order valence-corrected chi connectivity index (χ0v) is 15.2. The number of fused-ring (bicyclic) bond motifs is 2. The Balaban J connectivity index is 1.82. The fourth-order valence-electron chi connectivity index (χ4n) is 3.37. The van der Waals surface area contributed by atoms with Gasteiger partial charge in [0.2, 0.25) is 5.91 Å². The highest BCUT2D eigenvalue weighted by Gasteiger charge is 2.17. The number of hydrogen-bond donors (Lipinski definition) is 1. The summed E-state index contributed by atoms with van der Waals surface area (Å²) in [5.74, 6) is 0.314. The summed E-state index contributed by atoms with van der Waals surface area (Å²) in [6.07, 6.45) is 7.21. The second kappa shape index (κ2) is 7.30. The number of anilines is 2. The Morgan fingerprint density at radius 2 is 2.19 bits per heavy atom. The number of aryl methyl sites for hydroxylation is 1. The lowest BCUT2D eigenvalue weighted by Crippen LogP contribution is -2.25. The number of pyridine rings is 1. The van der Waals surface area contributed by atoms with Gasteiger partial charge in [-0.2, -0.15) is 5.10 Å². The summed E-state index contributed by atoms with van der Waals surface area (Å²) in [5, 5.41) is 7.14. The second-order valence-corrected chi connectivity index (χ2v) is 6.69. The summed E-state index contributed by atoms with van der Waals surface area (Å²) in [5.41, 5.74) is 2.85. The molecule has 4 rings (SSSR count). The molecular weight excluding hydrogens is 347 g/mol. The maximum absolute atomic E-state index is 13.8. The molecule has 8 heteroatoms. The van der Waals surface area contributed by atoms with E-state index >= 15 is 0 Å². The number of carbonyl (C=O) groups excluding carboxylic acids is 1. The molecule has 0 radical (unpaired) electrons. The molecule has 1 aliphatic rings. The van der Waals surface area contributed by atoms with Crippen LogP contribution in [0.25, 0.3) is 5.65 Å². The van der Waals surface area contributed by atoms with Gasteiger partial charge in [0.15, 0.2) is 5.65 Å². The first-order valence-electron chi connectivity index (χ1n) is 9.16. The van der Waals surface area contributed by atoms with E-state index in [1.54, 1.807) is 10.7 Å². The number of rotatable bonds is 2. The molecule has 1 N–H and O–H groups in total. The Morgan fingerprint density at radius 3 is 3.04 bits per heavy atom. The molecule has 0 aromatic carbocycles. The van der Waals surface area contributed by atoms with E-state index in [0.29, 0.717) is 37.1 Å². The summed E-state index contributed by atoms with van der Waals surface area (Å²) in [7, 11) is 0. The summed E-state index contributed by atoms with van der Waals surface area (Å²) in [6, 6.07) is 3.42. The maximum atomic E-state index is 13.8. The lowest BCUT2D eigenvalue weighted by atomic mass is 10.1. The van der Waals surface area contributed by atoms with Gasteiger partial charge < -0.3 is 10.2 Å². The average Bonchev–Trinajstić information content (AvgIpc) is 3.04. The highest BCUT2D eigenvalue weighted by Crippen LogP contribution is 2.23. The van der Waals surface area contributed by atoms with Crippen molar-refractivity contribution in [2.45, 2.75) is 39.2 Å². The molecule has 140 valence electrons. The van der Waals surface area contributed by atoms with E-state index in [0.717, 1.165) is 30.0 Å². The van der Waals surface area contributed by atoms with Crippen LogP contribution in [0.4, 0.5) is 15.9 Å². The number of nitrogens with zero attached hydrogens (tertiary/aromatic N) is 5. The minimum atomic E-state index is -0.353. The second-order valence-electron chi connectivity index (χ2n) is 6.69. The first-order chi connectivity index (χ1) is 13.1. The SMILES string of the molecule is CCCN1Cc2cc(F)cnc2CCCC(=O)Nc2cnn3ccc1nc23. The molecule has 3 aromatic heterocycles. The Labute approximate surface area is 156 Å². The molecule has 7 nitrogen and oxygen atoms in total. The van der Waals surface area contributed by atoms with Crippen LogP contribution in [0.3, 0.4) is 0 Å². The molecule has 2 bridgehead atoms. The Kier molecular flexibility index (Phi) is 4.70. The summed E-state index contributed by atoms with van der Waals surface area (Å²) < 4.78 is 15.5. The maximum Gasteiger partial charge on any atom is 0.224 e. The lowest BCUT2D eigenvalue weighted by Gasteiger charge is -2.24. The highest BCUT2D eigenvalue weighted by molar-refractivity contribution is 5.94. The number of aromatic nitrogens is 4. The average molecular weight is 368 g/mol. The predicted molar refractivity (Wildman–Crippen MR) is 100 cm³/mol. The van der Waals surface area contributed by atoms with E-state index in [1.807, 2.05) is 12.3 Å². The Hall–Kier alpha value is -3.03. The first-order valence-corrected chi connectivity index (χ1v) is 9.16.